The van der Waals surface area contributed by atoms with Crippen LogP contribution in [-0.4, -0.2) is 11.2 Å². The molecule has 4 aliphatic carbocycles. The second kappa shape index (κ2) is 10.5. The van der Waals surface area contributed by atoms with Crippen LogP contribution in [-0.2, 0) is 6.42 Å². The van der Waals surface area contributed by atoms with Gasteiger partial charge in [-0.15, -0.1) is 0 Å². The van der Waals surface area contributed by atoms with Crippen LogP contribution in [0.2, 0.25) is 0 Å². The van der Waals surface area contributed by atoms with Gasteiger partial charge in [0.1, 0.15) is 11.6 Å². The van der Waals surface area contributed by atoms with Crippen LogP contribution >= 0.6 is 0 Å². The molecule has 0 saturated heterocycles. The molecule has 208 valence electrons. The van der Waals surface area contributed by atoms with Crippen molar-refractivity contribution in [3.05, 3.63) is 35.4 Å². The molecule has 4 saturated carbocycles. The van der Waals surface area contributed by atoms with Crippen molar-refractivity contribution in [1.82, 2.24) is 0 Å². The van der Waals surface area contributed by atoms with Crippen molar-refractivity contribution < 1.29 is 13.9 Å². The Balaban J connectivity index is 1.32. The molecular formula is C34H52F2O. The van der Waals surface area contributed by atoms with Gasteiger partial charge in [0.2, 0.25) is 0 Å². The first-order chi connectivity index (χ1) is 17.5. The summed E-state index contributed by atoms with van der Waals surface area (Å²) in [7, 11) is 0. The van der Waals surface area contributed by atoms with Gasteiger partial charge in [-0.1, -0.05) is 59.9 Å². The molecule has 0 heterocycles. The van der Waals surface area contributed by atoms with Gasteiger partial charge in [-0.3, -0.25) is 0 Å². The summed E-state index contributed by atoms with van der Waals surface area (Å²) in [6.45, 7) is 12.4. The van der Waals surface area contributed by atoms with E-state index in [0.29, 0.717) is 23.3 Å². The van der Waals surface area contributed by atoms with Gasteiger partial charge in [0.15, 0.2) is 0 Å². The summed E-state index contributed by atoms with van der Waals surface area (Å²) < 4.78 is 28.1. The van der Waals surface area contributed by atoms with Gasteiger partial charge >= 0.3 is 0 Å². The Hall–Kier alpha value is -0.960. The van der Waals surface area contributed by atoms with E-state index in [2.05, 4.69) is 34.6 Å². The third kappa shape index (κ3) is 4.93. The Kier molecular flexibility index (Phi) is 7.87. The van der Waals surface area contributed by atoms with Crippen molar-refractivity contribution in [2.24, 2.45) is 58.2 Å². The van der Waals surface area contributed by atoms with Crippen LogP contribution in [0.4, 0.5) is 8.78 Å². The van der Waals surface area contributed by atoms with Crippen LogP contribution in [0.3, 0.4) is 0 Å². The van der Waals surface area contributed by atoms with Crippen molar-refractivity contribution in [1.29, 1.82) is 0 Å². The SMILES string of the molecule is CC(C)CCC[C@@H](C)[C@H]1CCC2C3CCC4[C@H](Cc5ccc(F)cc5F)[C@H](O)CC[C@]4(C)C3CC[C@@]21C. The summed E-state index contributed by atoms with van der Waals surface area (Å²) in [6.07, 6.45) is 14.1. The lowest BCUT2D eigenvalue weighted by molar-refractivity contribution is -0.152. The second-order valence-corrected chi connectivity index (χ2v) is 14.8. The van der Waals surface area contributed by atoms with E-state index in [1.54, 1.807) is 6.07 Å². The summed E-state index contributed by atoms with van der Waals surface area (Å²) in [6, 6.07) is 3.97. The molecule has 0 spiro atoms. The standard InChI is InChI=1S/C34H52F2O/c1-21(2)7-6-8-22(3)27-13-14-28-25-11-12-29-26(19-23-9-10-24(35)20-31(23)36)32(37)16-18-34(29,5)30(25)15-17-33(27,28)4/h9-10,20-22,25-30,32,37H,6-8,11-19H2,1-5H3/t22-,25?,26+,27-,28?,29?,30?,32-,33-,34+/m1/s1. The number of aliphatic hydroxyl groups is 1. The van der Waals surface area contributed by atoms with Gasteiger partial charge in [-0.2, -0.15) is 0 Å². The average molecular weight is 515 g/mol. The molecule has 0 aliphatic heterocycles. The number of rotatable bonds is 7. The molecular weight excluding hydrogens is 462 g/mol. The van der Waals surface area contributed by atoms with E-state index in [9.17, 15) is 13.9 Å². The van der Waals surface area contributed by atoms with Crippen LogP contribution in [0, 0.1) is 69.8 Å². The van der Waals surface area contributed by atoms with Gasteiger partial charge in [0.05, 0.1) is 6.10 Å². The molecule has 1 aromatic carbocycles. The van der Waals surface area contributed by atoms with E-state index in [4.69, 9.17) is 0 Å². The predicted octanol–water partition coefficient (Wildman–Crippen LogP) is 9.22. The first kappa shape index (κ1) is 27.6. The van der Waals surface area contributed by atoms with E-state index in [0.717, 1.165) is 60.8 Å². The zero-order chi connectivity index (χ0) is 26.5. The minimum Gasteiger partial charge on any atom is -0.393 e. The first-order valence-corrected chi connectivity index (χ1v) is 15.7. The van der Waals surface area contributed by atoms with Crippen LogP contribution in [0.5, 0.6) is 0 Å². The third-order valence-electron chi connectivity index (χ3n) is 12.6. The van der Waals surface area contributed by atoms with Gasteiger partial charge < -0.3 is 5.11 Å². The Morgan fingerprint density at radius 1 is 0.865 bits per heavy atom. The number of fused-ring (bicyclic) bond motifs is 5. The largest absolute Gasteiger partial charge is 0.393 e. The monoisotopic (exact) mass is 514 g/mol. The Labute approximate surface area is 225 Å². The smallest absolute Gasteiger partial charge is 0.129 e. The highest BCUT2D eigenvalue weighted by Gasteiger charge is 2.61. The van der Waals surface area contributed by atoms with Crippen molar-refractivity contribution >= 4 is 0 Å². The summed E-state index contributed by atoms with van der Waals surface area (Å²) >= 11 is 0. The molecule has 1 aromatic rings. The van der Waals surface area contributed by atoms with Crippen molar-refractivity contribution in [2.45, 2.75) is 118 Å². The highest BCUT2D eigenvalue weighted by Crippen LogP contribution is 2.69. The Bertz CT molecular complexity index is 944. The molecule has 0 amide bonds. The Morgan fingerprint density at radius 3 is 2.30 bits per heavy atom. The number of benzene rings is 1. The molecule has 0 bridgehead atoms. The fourth-order valence-electron chi connectivity index (χ4n) is 10.7. The van der Waals surface area contributed by atoms with E-state index in [1.165, 1.54) is 57.4 Å². The molecule has 0 aromatic heterocycles. The zero-order valence-electron chi connectivity index (χ0n) is 24.1. The topological polar surface area (TPSA) is 20.2 Å². The average Bonchev–Trinajstić information content (AvgIpc) is 3.19. The number of halogens is 2. The lowest BCUT2D eigenvalue weighted by atomic mass is 9.42. The van der Waals surface area contributed by atoms with Crippen LogP contribution in [0.25, 0.3) is 0 Å². The minimum absolute atomic E-state index is 0.0743. The molecule has 5 rings (SSSR count). The molecule has 0 radical (unpaired) electrons. The molecule has 4 aliphatic rings. The van der Waals surface area contributed by atoms with Crippen LogP contribution in [0.15, 0.2) is 18.2 Å². The highest BCUT2D eigenvalue weighted by atomic mass is 19.1. The second-order valence-electron chi connectivity index (χ2n) is 14.8. The number of aliphatic hydroxyl groups excluding tert-OH is 1. The quantitative estimate of drug-likeness (QED) is 0.384. The van der Waals surface area contributed by atoms with E-state index >= 15 is 0 Å². The summed E-state index contributed by atoms with van der Waals surface area (Å²) in [5.41, 5.74) is 1.29. The zero-order valence-corrected chi connectivity index (χ0v) is 24.1. The normalized spacial score (nSPS) is 42.2. The maximum atomic E-state index is 14.6. The lowest BCUT2D eigenvalue weighted by Crippen LogP contribution is -2.57. The van der Waals surface area contributed by atoms with E-state index in [1.807, 2.05) is 0 Å². The summed E-state index contributed by atoms with van der Waals surface area (Å²) in [5, 5.41) is 11.1. The van der Waals surface area contributed by atoms with Gasteiger partial charge in [0, 0.05) is 6.07 Å². The van der Waals surface area contributed by atoms with E-state index in [-0.39, 0.29) is 17.4 Å². The molecule has 1 nitrogen and oxygen atoms in total. The van der Waals surface area contributed by atoms with Crippen molar-refractivity contribution in [3.63, 3.8) is 0 Å². The predicted molar refractivity (Wildman–Crippen MR) is 148 cm³/mol. The molecule has 37 heavy (non-hydrogen) atoms. The van der Waals surface area contributed by atoms with Gasteiger partial charge in [-0.05, 0) is 128 Å². The minimum atomic E-state index is -0.523. The fourth-order valence-corrected chi connectivity index (χ4v) is 10.7. The van der Waals surface area contributed by atoms with Gasteiger partial charge in [0.25, 0.3) is 0 Å². The van der Waals surface area contributed by atoms with Crippen LogP contribution in [0.1, 0.15) is 111 Å². The van der Waals surface area contributed by atoms with Gasteiger partial charge in [-0.25, -0.2) is 8.78 Å². The molecule has 4 unspecified atom stereocenters. The highest BCUT2D eigenvalue weighted by molar-refractivity contribution is 5.21. The summed E-state index contributed by atoms with van der Waals surface area (Å²) in [4.78, 5) is 0. The fraction of sp³-hybridized carbons (Fsp3) is 0.824. The number of hydrogen-bond donors (Lipinski definition) is 1. The lowest BCUT2D eigenvalue weighted by Gasteiger charge is -2.63. The van der Waals surface area contributed by atoms with Crippen molar-refractivity contribution in [3.8, 4) is 0 Å². The molecule has 10 atom stereocenters. The number of hydrogen-bond acceptors (Lipinski definition) is 1. The van der Waals surface area contributed by atoms with Crippen LogP contribution < -0.4 is 0 Å². The maximum absolute atomic E-state index is 14.6. The van der Waals surface area contributed by atoms with E-state index < -0.39 is 11.6 Å². The maximum Gasteiger partial charge on any atom is 0.129 e. The Morgan fingerprint density at radius 2 is 1.57 bits per heavy atom. The first-order valence-electron chi connectivity index (χ1n) is 15.7. The van der Waals surface area contributed by atoms with Crippen molar-refractivity contribution in [2.75, 3.05) is 0 Å². The summed E-state index contributed by atoms with van der Waals surface area (Å²) in [5.74, 6) is 4.42. The third-order valence-corrected chi connectivity index (χ3v) is 12.6. The molecule has 3 heteroatoms. The molecule has 1 N–H and O–H groups in total. The molecule has 4 fully saturated rings.